The molecular weight excluding hydrogens is 166 g/mol. The molecule has 4 heteroatoms. The molecule has 0 aromatic heterocycles. The highest BCUT2D eigenvalue weighted by Crippen LogP contribution is 2.40. The van der Waals surface area contributed by atoms with Crippen LogP contribution in [-0.2, 0) is 0 Å². The summed E-state index contributed by atoms with van der Waals surface area (Å²) in [6.07, 6.45) is 3.50. The highest BCUT2D eigenvalue weighted by atomic mass is 16.2. The first-order valence-corrected chi connectivity index (χ1v) is 4.66. The number of rotatable bonds is 2. The number of carbonyl (C=O) groups is 1. The molecule has 0 saturated heterocycles. The van der Waals surface area contributed by atoms with E-state index in [0.29, 0.717) is 5.84 Å². The molecule has 13 heavy (non-hydrogen) atoms. The molecule has 0 bridgehead atoms. The van der Waals surface area contributed by atoms with Crippen LogP contribution in [0.25, 0.3) is 0 Å². The lowest BCUT2D eigenvalue weighted by molar-refractivity contribution is 0.190. The maximum atomic E-state index is 11.3. The maximum absolute atomic E-state index is 11.3. The smallest absolute Gasteiger partial charge is 0.345 e. The number of hydrogen-bond acceptors (Lipinski definition) is 2. The van der Waals surface area contributed by atoms with E-state index in [1.54, 1.807) is 11.9 Å². The van der Waals surface area contributed by atoms with E-state index in [2.05, 4.69) is 4.99 Å². The quantitative estimate of drug-likeness (QED) is 0.690. The van der Waals surface area contributed by atoms with Crippen LogP contribution in [0.2, 0.25) is 0 Å². The van der Waals surface area contributed by atoms with Crippen molar-refractivity contribution >= 4 is 11.9 Å². The summed E-state index contributed by atoms with van der Waals surface area (Å²) in [5.74, 6) is 1.22. The Bertz CT molecular complexity index is 283. The van der Waals surface area contributed by atoms with Gasteiger partial charge >= 0.3 is 6.03 Å². The largest absolute Gasteiger partial charge is 0.385 e. The molecule has 1 aliphatic heterocycles. The SMILES string of the molecule is CN1C(=O)N=C(N)C1(C)CC1CC1. The Labute approximate surface area is 77.8 Å². The van der Waals surface area contributed by atoms with Crippen molar-refractivity contribution in [3.05, 3.63) is 0 Å². The first-order chi connectivity index (χ1) is 6.04. The molecule has 1 aliphatic carbocycles. The third-order valence-electron chi connectivity index (χ3n) is 3.18. The molecule has 0 radical (unpaired) electrons. The minimum Gasteiger partial charge on any atom is -0.385 e. The van der Waals surface area contributed by atoms with Crippen molar-refractivity contribution in [1.82, 2.24) is 4.90 Å². The Hall–Kier alpha value is -1.06. The van der Waals surface area contributed by atoms with Gasteiger partial charge in [-0.25, -0.2) is 4.79 Å². The lowest BCUT2D eigenvalue weighted by atomic mass is 9.93. The van der Waals surface area contributed by atoms with Crippen LogP contribution < -0.4 is 5.73 Å². The lowest BCUT2D eigenvalue weighted by Crippen LogP contribution is -2.50. The topological polar surface area (TPSA) is 58.7 Å². The molecule has 2 aliphatic rings. The van der Waals surface area contributed by atoms with Crippen LogP contribution in [0.5, 0.6) is 0 Å². The van der Waals surface area contributed by atoms with Crippen LogP contribution in [0, 0.1) is 5.92 Å². The van der Waals surface area contributed by atoms with Gasteiger partial charge in [0.05, 0.1) is 5.54 Å². The molecule has 72 valence electrons. The fraction of sp³-hybridized carbons (Fsp3) is 0.778. The van der Waals surface area contributed by atoms with Crippen LogP contribution in [0.1, 0.15) is 26.2 Å². The summed E-state index contributed by atoms with van der Waals surface area (Å²) in [4.78, 5) is 16.7. The van der Waals surface area contributed by atoms with Gasteiger partial charge in [0.25, 0.3) is 0 Å². The second kappa shape index (κ2) is 2.47. The molecule has 2 rings (SSSR count). The minimum absolute atomic E-state index is 0.208. The van der Waals surface area contributed by atoms with Crippen molar-refractivity contribution in [3.63, 3.8) is 0 Å². The van der Waals surface area contributed by atoms with E-state index in [1.165, 1.54) is 12.8 Å². The van der Waals surface area contributed by atoms with Gasteiger partial charge in [0.15, 0.2) is 0 Å². The standard InChI is InChI=1S/C9H15N3O/c1-9(5-6-3-4-6)7(10)11-8(13)12(9)2/h6H,3-5H2,1-2H3,(H2,10,11,13). The number of aliphatic imine (C=N–C) groups is 1. The van der Waals surface area contributed by atoms with Gasteiger partial charge in [0.1, 0.15) is 5.84 Å². The summed E-state index contributed by atoms with van der Waals surface area (Å²) in [6, 6.07) is -0.208. The van der Waals surface area contributed by atoms with Crippen molar-refractivity contribution < 1.29 is 4.79 Å². The molecule has 0 aromatic carbocycles. The van der Waals surface area contributed by atoms with Crippen molar-refractivity contribution in [2.24, 2.45) is 16.6 Å². The van der Waals surface area contributed by atoms with Gasteiger partial charge in [-0.15, -0.1) is 0 Å². The zero-order chi connectivity index (χ0) is 9.64. The fourth-order valence-corrected chi connectivity index (χ4v) is 1.81. The summed E-state index contributed by atoms with van der Waals surface area (Å²) in [7, 11) is 1.77. The first kappa shape index (κ1) is 8.53. The number of hydrogen-bond donors (Lipinski definition) is 1. The Balaban J connectivity index is 2.19. The Kier molecular flexibility index (Phi) is 1.62. The van der Waals surface area contributed by atoms with Gasteiger partial charge in [-0.05, 0) is 19.3 Å². The van der Waals surface area contributed by atoms with Gasteiger partial charge in [-0.3, -0.25) is 0 Å². The van der Waals surface area contributed by atoms with Gasteiger partial charge in [-0.2, -0.15) is 4.99 Å². The summed E-state index contributed by atoms with van der Waals surface area (Å²) in [6.45, 7) is 2.00. The molecule has 0 aromatic rings. The van der Waals surface area contributed by atoms with E-state index in [1.807, 2.05) is 6.92 Å². The van der Waals surface area contributed by atoms with Crippen LogP contribution in [0.3, 0.4) is 0 Å². The molecule has 1 fully saturated rings. The lowest BCUT2D eigenvalue weighted by Gasteiger charge is -2.31. The Morgan fingerprint density at radius 2 is 2.31 bits per heavy atom. The number of amides is 2. The third-order valence-corrected chi connectivity index (χ3v) is 3.18. The van der Waals surface area contributed by atoms with Crippen molar-refractivity contribution in [1.29, 1.82) is 0 Å². The number of likely N-dealkylation sites (N-methyl/N-ethyl adjacent to an activating group) is 1. The second-order valence-electron chi connectivity index (χ2n) is 4.26. The molecule has 1 atom stereocenters. The van der Waals surface area contributed by atoms with Crippen molar-refractivity contribution in [2.75, 3.05) is 7.05 Å². The van der Waals surface area contributed by atoms with Crippen molar-refractivity contribution in [3.8, 4) is 0 Å². The summed E-state index contributed by atoms with van der Waals surface area (Å²) in [5, 5.41) is 0. The van der Waals surface area contributed by atoms with Crippen LogP contribution >= 0.6 is 0 Å². The number of urea groups is 1. The minimum atomic E-state index is -0.321. The molecule has 2 amide bonds. The molecule has 2 N–H and O–H groups in total. The highest BCUT2D eigenvalue weighted by Gasteiger charge is 2.45. The van der Waals surface area contributed by atoms with E-state index in [4.69, 9.17) is 5.73 Å². The van der Waals surface area contributed by atoms with Crippen LogP contribution in [0.4, 0.5) is 4.79 Å². The zero-order valence-electron chi connectivity index (χ0n) is 8.08. The van der Waals surface area contributed by atoms with Crippen molar-refractivity contribution in [2.45, 2.75) is 31.7 Å². The summed E-state index contributed by atoms with van der Waals surface area (Å²) < 4.78 is 0. The molecule has 0 spiro atoms. The zero-order valence-corrected chi connectivity index (χ0v) is 8.08. The molecule has 4 nitrogen and oxygen atoms in total. The Morgan fingerprint density at radius 1 is 1.69 bits per heavy atom. The maximum Gasteiger partial charge on any atom is 0.345 e. The normalized spacial score (nSPS) is 33.8. The monoisotopic (exact) mass is 181 g/mol. The predicted molar refractivity (Wildman–Crippen MR) is 50.5 cm³/mol. The van der Waals surface area contributed by atoms with E-state index < -0.39 is 0 Å². The van der Waals surface area contributed by atoms with Gasteiger partial charge in [-0.1, -0.05) is 12.8 Å². The van der Waals surface area contributed by atoms with Gasteiger partial charge in [0, 0.05) is 7.05 Å². The number of carbonyl (C=O) groups excluding carboxylic acids is 1. The average molecular weight is 181 g/mol. The van der Waals surface area contributed by atoms with Gasteiger partial charge in [0.2, 0.25) is 0 Å². The molecule has 1 saturated carbocycles. The van der Waals surface area contributed by atoms with E-state index >= 15 is 0 Å². The fourth-order valence-electron chi connectivity index (χ4n) is 1.81. The first-order valence-electron chi connectivity index (χ1n) is 4.66. The van der Waals surface area contributed by atoms with Crippen LogP contribution in [-0.4, -0.2) is 29.4 Å². The summed E-state index contributed by atoms with van der Waals surface area (Å²) >= 11 is 0. The molecular formula is C9H15N3O. The van der Waals surface area contributed by atoms with Crippen LogP contribution in [0.15, 0.2) is 4.99 Å². The molecule has 1 heterocycles. The highest BCUT2D eigenvalue weighted by molar-refractivity contribution is 6.05. The Morgan fingerprint density at radius 3 is 2.69 bits per heavy atom. The predicted octanol–water partition coefficient (Wildman–Crippen LogP) is 0.968. The number of amidine groups is 1. The third kappa shape index (κ3) is 1.20. The average Bonchev–Trinajstić information content (AvgIpc) is 2.82. The summed E-state index contributed by atoms with van der Waals surface area (Å²) in [5.41, 5.74) is 5.44. The number of nitrogens with two attached hydrogens (primary N) is 1. The second-order valence-corrected chi connectivity index (χ2v) is 4.26. The number of nitrogens with zero attached hydrogens (tertiary/aromatic N) is 2. The van der Waals surface area contributed by atoms with Gasteiger partial charge < -0.3 is 10.6 Å². The van der Waals surface area contributed by atoms with E-state index in [0.717, 1.165) is 12.3 Å². The molecule has 1 unspecified atom stereocenters. The van der Waals surface area contributed by atoms with E-state index in [9.17, 15) is 4.79 Å². The van der Waals surface area contributed by atoms with E-state index in [-0.39, 0.29) is 11.6 Å².